The Balaban J connectivity index is 2.08. The van der Waals surface area contributed by atoms with E-state index in [9.17, 15) is 4.79 Å². The average Bonchev–Trinajstić information content (AvgIpc) is 2.70. The molecule has 16 heavy (non-hydrogen) atoms. The number of halogens is 1. The Bertz CT molecular complexity index is 405. The molecule has 1 N–H and O–H groups in total. The van der Waals surface area contributed by atoms with Gasteiger partial charge in [-0.25, -0.2) is 0 Å². The Morgan fingerprint density at radius 2 is 2.50 bits per heavy atom. The van der Waals surface area contributed by atoms with Crippen molar-refractivity contribution in [1.29, 1.82) is 0 Å². The van der Waals surface area contributed by atoms with E-state index in [1.54, 1.807) is 6.07 Å². The number of aryl methyl sites for hydroxylation is 1. The largest absolute Gasteiger partial charge is 0.348 e. The van der Waals surface area contributed by atoms with Gasteiger partial charge in [-0.1, -0.05) is 11.6 Å². The van der Waals surface area contributed by atoms with Crippen molar-refractivity contribution in [3.8, 4) is 0 Å². The van der Waals surface area contributed by atoms with E-state index in [0.717, 1.165) is 23.6 Å². The van der Waals surface area contributed by atoms with E-state index in [1.807, 2.05) is 18.7 Å². The minimum absolute atomic E-state index is 0.120. The van der Waals surface area contributed by atoms with Crippen molar-refractivity contribution in [2.45, 2.75) is 19.4 Å². The second kappa shape index (κ2) is 5.06. The first-order valence-electron chi connectivity index (χ1n) is 5.17. The molecule has 1 unspecified atom stereocenters. The molecule has 1 aromatic rings. The van der Waals surface area contributed by atoms with Gasteiger partial charge in [0, 0.05) is 23.7 Å². The van der Waals surface area contributed by atoms with Crippen molar-refractivity contribution in [3.63, 3.8) is 0 Å². The first-order chi connectivity index (χ1) is 7.66. The number of carbonyl (C=O) groups is 1. The highest BCUT2D eigenvalue weighted by Crippen LogP contribution is 2.19. The quantitative estimate of drug-likeness (QED) is 0.883. The zero-order valence-corrected chi connectivity index (χ0v) is 10.6. The molecule has 0 aromatic carbocycles. The van der Waals surface area contributed by atoms with Crippen LogP contribution in [0.25, 0.3) is 0 Å². The molecule has 0 spiro atoms. The predicted molar refractivity (Wildman–Crippen MR) is 67.2 cm³/mol. The Morgan fingerprint density at radius 1 is 1.69 bits per heavy atom. The van der Waals surface area contributed by atoms with Crippen LogP contribution in [0.3, 0.4) is 0 Å². The van der Waals surface area contributed by atoms with Gasteiger partial charge >= 0.3 is 0 Å². The van der Waals surface area contributed by atoms with E-state index in [4.69, 9.17) is 11.6 Å². The monoisotopic (exact) mass is 256 g/mol. The molecule has 2 rings (SSSR count). The van der Waals surface area contributed by atoms with E-state index in [2.05, 4.69) is 10.3 Å². The maximum Gasteiger partial charge on any atom is 0.254 e. The highest BCUT2D eigenvalue weighted by molar-refractivity contribution is 7.99. The van der Waals surface area contributed by atoms with Crippen LogP contribution in [0.1, 0.15) is 22.5 Å². The minimum Gasteiger partial charge on any atom is -0.348 e. The maximum absolute atomic E-state index is 11.9. The van der Waals surface area contributed by atoms with Crippen LogP contribution in [0.5, 0.6) is 0 Å². The highest BCUT2D eigenvalue weighted by Gasteiger charge is 2.19. The molecule has 3 nitrogen and oxygen atoms in total. The van der Waals surface area contributed by atoms with E-state index in [0.29, 0.717) is 10.6 Å². The van der Waals surface area contributed by atoms with Crippen LogP contribution in [0.15, 0.2) is 12.3 Å². The molecule has 2 heterocycles. The van der Waals surface area contributed by atoms with Gasteiger partial charge in [0.05, 0.1) is 10.6 Å². The van der Waals surface area contributed by atoms with Crippen LogP contribution < -0.4 is 5.32 Å². The molecular weight excluding hydrogens is 244 g/mol. The number of aromatic nitrogens is 1. The summed E-state index contributed by atoms with van der Waals surface area (Å²) in [7, 11) is 0. The molecule has 1 atom stereocenters. The third kappa shape index (κ3) is 2.68. The van der Waals surface area contributed by atoms with Gasteiger partial charge in [0.25, 0.3) is 5.91 Å². The fourth-order valence-electron chi connectivity index (χ4n) is 1.61. The Kier molecular flexibility index (Phi) is 3.71. The number of hydrogen-bond acceptors (Lipinski definition) is 3. The standard InChI is InChI=1S/C11H13ClN2OS/c1-7-4-10(12)9(5-13-7)11(15)14-8-2-3-16-6-8/h4-5,8H,2-3,6H2,1H3,(H,14,15). The zero-order valence-electron chi connectivity index (χ0n) is 9.00. The number of hydrogen-bond donors (Lipinski definition) is 1. The van der Waals surface area contributed by atoms with Gasteiger partial charge in [0.1, 0.15) is 0 Å². The number of carbonyl (C=O) groups excluding carboxylic acids is 1. The lowest BCUT2D eigenvalue weighted by atomic mass is 10.2. The van der Waals surface area contributed by atoms with Crippen molar-refractivity contribution >= 4 is 29.3 Å². The Hall–Kier alpha value is -0.740. The van der Waals surface area contributed by atoms with Crippen LogP contribution in [0.4, 0.5) is 0 Å². The van der Waals surface area contributed by atoms with E-state index in [-0.39, 0.29) is 11.9 Å². The van der Waals surface area contributed by atoms with Gasteiger partial charge in [-0.15, -0.1) is 0 Å². The highest BCUT2D eigenvalue weighted by atomic mass is 35.5. The average molecular weight is 257 g/mol. The molecule has 1 aliphatic heterocycles. The first kappa shape index (κ1) is 11.7. The van der Waals surface area contributed by atoms with Gasteiger partial charge < -0.3 is 5.32 Å². The summed E-state index contributed by atoms with van der Waals surface area (Å²) in [5.74, 6) is 1.98. The number of thioether (sulfide) groups is 1. The minimum atomic E-state index is -0.120. The summed E-state index contributed by atoms with van der Waals surface area (Å²) in [4.78, 5) is 16.0. The number of pyridine rings is 1. The van der Waals surface area contributed by atoms with Gasteiger partial charge in [0.15, 0.2) is 0 Å². The summed E-state index contributed by atoms with van der Waals surface area (Å²) in [6, 6.07) is 1.98. The number of rotatable bonds is 2. The van der Waals surface area contributed by atoms with Crippen molar-refractivity contribution in [2.75, 3.05) is 11.5 Å². The molecular formula is C11H13ClN2OS. The fourth-order valence-corrected chi connectivity index (χ4v) is 3.05. The number of amides is 1. The van der Waals surface area contributed by atoms with Crippen LogP contribution in [-0.2, 0) is 0 Å². The van der Waals surface area contributed by atoms with Crippen LogP contribution in [0, 0.1) is 6.92 Å². The number of nitrogens with zero attached hydrogens (tertiary/aromatic N) is 1. The van der Waals surface area contributed by atoms with Gasteiger partial charge in [0.2, 0.25) is 0 Å². The van der Waals surface area contributed by atoms with E-state index >= 15 is 0 Å². The number of nitrogens with one attached hydrogen (secondary N) is 1. The molecule has 0 saturated carbocycles. The predicted octanol–water partition coefficient (Wildman–Crippen LogP) is 2.28. The third-order valence-corrected chi connectivity index (χ3v) is 3.97. The van der Waals surface area contributed by atoms with Gasteiger partial charge in [-0.2, -0.15) is 11.8 Å². The molecule has 1 saturated heterocycles. The summed E-state index contributed by atoms with van der Waals surface area (Å²) in [5, 5.41) is 3.44. The fraction of sp³-hybridized carbons (Fsp3) is 0.455. The lowest BCUT2D eigenvalue weighted by Crippen LogP contribution is -2.34. The Labute approximate surface area is 104 Å². The van der Waals surface area contributed by atoms with Crippen molar-refractivity contribution in [2.24, 2.45) is 0 Å². The lowest BCUT2D eigenvalue weighted by Gasteiger charge is -2.11. The van der Waals surface area contributed by atoms with E-state index in [1.165, 1.54) is 6.20 Å². The second-order valence-electron chi connectivity index (χ2n) is 3.84. The molecule has 0 aliphatic carbocycles. The van der Waals surface area contributed by atoms with Crippen molar-refractivity contribution in [3.05, 3.63) is 28.5 Å². The zero-order chi connectivity index (χ0) is 11.5. The SMILES string of the molecule is Cc1cc(Cl)c(C(=O)NC2CCSC2)cn1. The van der Waals surface area contributed by atoms with E-state index < -0.39 is 0 Å². The van der Waals surface area contributed by atoms with Crippen LogP contribution in [0.2, 0.25) is 5.02 Å². The van der Waals surface area contributed by atoms with Gasteiger partial charge in [-0.3, -0.25) is 9.78 Å². The van der Waals surface area contributed by atoms with Crippen molar-refractivity contribution in [1.82, 2.24) is 10.3 Å². The summed E-state index contributed by atoms with van der Waals surface area (Å²) in [6.07, 6.45) is 2.57. The first-order valence-corrected chi connectivity index (χ1v) is 6.71. The molecule has 1 fully saturated rings. The van der Waals surface area contributed by atoms with Gasteiger partial charge in [-0.05, 0) is 25.2 Å². The molecule has 86 valence electrons. The topological polar surface area (TPSA) is 42.0 Å². The summed E-state index contributed by atoms with van der Waals surface area (Å²) in [5.41, 5.74) is 1.28. The lowest BCUT2D eigenvalue weighted by molar-refractivity contribution is 0.0941. The normalized spacial score (nSPS) is 19.8. The Morgan fingerprint density at radius 3 is 3.12 bits per heavy atom. The molecule has 1 aliphatic rings. The molecule has 5 heteroatoms. The maximum atomic E-state index is 11.9. The van der Waals surface area contributed by atoms with Crippen LogP contribution >= 0.6 is 23.4 Å². The molecule has 0 radical (unpaired) electrons. The molecule has 0 bridgehead atoms. The summed E-state index contributed by atoms with van der Waals surface area (Å²) < 4.78 is 0. The molecule has 1 amide bonds. The van der Waals surface area contributed by atoms with Crippen molar-refractivity contribution < 1.29 is 4.79 Å². The summed E-state index contributed by atoms with van der Waals surface area (Å²) in [6.45, 7) is 1.85. The smallest absolute Gasteiger partial charge is 0.254 e. The summed E-state index contributed by atoms with van der Waals surface area (Å²) >= 11 is 7.87. The third-order valence-electron chi connectivity index (χ3n) is 2.50. The molecule has 1 aromatic heterocycles. The second-order valence-corrected chi connectivity index (χ2v) is 5.40. The van der Waals surface area contributed by atoms with Crippen LogP contribution in [-0.4, -0.2) is 28.4 Å².